The minimum atomic E-state index is -2.00. The topological polar surface area (TPSA) is 153 Å². The Bertz CT molecular complexity index is 433. The summed E-state index contributed by atoms with van der Waals surface area (Å²) in [5.41, 5.74) is 0.305. The van der Waals surface area contributed by atoms with Crippen LogP contribution in [0.2, 0.25) is 0 Å². The fraction of sp³-hybridized carbons (Fsp3) is 0.500. The summed E-state index contributed by atoms with van der Waals surface area (Å²) in [6.45, 7) is 5.11. The second-order valence-corrected chi connectivity index (χ2v) is 4.35. The van der Waals surface area contributed by atoms with Crippen molar-refractivity contribution in [2.24, 2.45) is 0 Å². The zero-order chi connectivity index (χ0) is 16.6. The molecule has 0 fully saturated rings. The summed E-state index contributed by atoms with van der Waals surface area (Å²) < 4.78 is 0. The largest absolute Gasteiger partial charge is 0.480 e. The molecule has 5 N–H and O–H groups in total. The number of carboxylic acids is 3. The Kier molecular flexibility index (Phi) is 7.69. The van der Waals surface area contributed by atoms with Crippen molar-refractivity contribution in [1.29, 1.82) is 0 Å². The van der Waals surface area contributed by atoms with Crippen LogP contribution in [0.15, 0.2) is 12.2 Å². The molecule has 0 aliphatic heterocycles. The summed E-state index contributed by atoms with van der Waals surface area (Å²) in [4.78, 5) is 43.5. The highest BCUT2D eigenvalue weighted by Gasteiger charge is 2.31. The maximum Gasteiger partial charge on any atom is 0.332 e. The Morgan fingerprint density at radius 1 is 1.05 bits per heavy atom. The number of carboxylic acid groups (broad SMARTS) is 3. The molecule has 0 aliphatic rings. The van der Waals surface area contributed by atoms with Gasteiger partial charge in [-0.3, -0.25) is 14.9 Å². The van der Waals surface area contributed by atoms with E-state index < -0.39 is 30.0 Å². The van der Waals surface area contributed by atoms with Gasteiger partial charge in [0.05, 0.1) is 0 Å². The van der Waals surface area contributed by atoms with Crippen LogP contribution in [-0.4, -0.2) is 57.8 Å². The molecule has 9 heteroatoms. The van der Waals surface area contributed by atoms with Crippen LogP contribution < -0.4 is 10.6 Å². The maximum atomic E-state index is 11.2. The zero-order valence-electron chi connectivity index (χ0n) is 11.5. The van der Waals surface area contributed by atoms with Gasteiger partial charge in [-0.2, -0.15) is 0 Å². The van der Waals surface area contributed by atoms with Crippen LogP contribution in [0.25, 0.3) is 0 Å². The molecule has 118 valence electrons. The van der Waals surface area contributed by atoms with Crippen molar-refractivity contribution in [3.8, 4) is 0 Å². The van der Waals surface area contributed by atoms with E-state index in [0.717, 1.165) is 0 Å². The molecule has 0 bridgehead atoms. The highest BCUT2D eigenvalue weighted by molar-refractivity contribution is 5.97. The van der Waals surface area contributed by atoms with E-state index in [1.54, 1.807) is 0 Å². The van der Waals surface area contributed by atoms with Gasteiger partial charge in [0.2, 0.25) is 11.9 Å². The van der Waals surface area contributed by atoms with Crippen molar-refractivity contribution >= 4 is 23.8 Å². The van der Waals surface area contributed by atoms with Crippen molar-refractivity contribution in [3.63, 3.8) is 0 Å². The highest BCUT2D eigenvalue weighted by Crippen LogP contribution is 2.00. The van der Waals surface area contributed by atoms with Gasteiger partial charge in [0, 0.05) is 12.1 Å². The molecular weight excluding hydrogens is 284 g/mol. The van der Waals surface area contributed by atoms with Gasteiger partial charge >= 0.3 is 17.9 Å². The quantitative estimate of drug-likeness (QED) is 0.196. The van der Waals surface area contributed by atoms with E-state index >= 15 is 0 Å². The molecule has 0 aromatic rings. The SMILES string of the molecule is C=C(C)C(=O)NCCCC(NC(C(=O)O)C(=O)O)C(=O)O. The molecule has 0 rings (SSSR count). The van der Waals surface area contributed by atoms with Gasteiger partial charge in [-0.05, 0) is 19.8 Å². The molecule has 0 heterocycles. The average Bonchev–Trinajstić information content (AvgIpc) is 2.35. The third-order valence-corrected chi connectivity index (χ3v) is 2.50. The number of hydrogen-bond acceptors (Lipinski definition) is 5. The Morgan fingerprint density at radius 3 is 1.95 bits per heavy atom. The first-order valence-electron chi connectivity index (χ1n) is 6.05. The smallest absolute Gasteiger partial charge is 0.332 e. The Hall–Kier alpha value is -2.42. The number of nitrogens with one attached hydrogen (secondary N) is 2. The molecule has 1 amide bonds. The predicted molar refractivity (Wildman–Crippen MR) is 70.7 cm³/mol. The summed E-state index contributed by atoms with van der Waals surface area (Å²) in [6, 6.07) is -3.35. The monoisotopic (exact) mass is 302 g/mol. The van der Waals surface area contributed by atoms with Gasteiger partial charge in [0.1, 0.15) is 6.04 Å². The van der Waals surface area contributed by atoms with E-state index in [1.807, 2.05) is 5.32 Å². The number of aliphatic carboxylic acids is 3. The second-order valence-electron chi connectivity index (χ2n) is 4.35. The number of hydrogen-bond donors (Lipinski definition) is 5. The lowest BCUT2D eigenvalue weighted by molar-refractivity contribution is -0.152. The summed E-state index contributed by atoms with van der Waals surface area (Å²) in [7, 11) is 0. The van der Waals surface area contributed by atoms with Crippen molar-refractivity contribution in [3.05, 3.63) is 12.2 Å². The van der Waals surface area contributed by atoms with Gasteiger partial charge < -0.3 is 20.6 Å². The Labute approximate surface area is 120 Å². The lowest BCUT2D eigenvalue weighted by Gasteiger charge is -2.17. The molecule has 0 aliphatic carbocycles. The van der Waals surface area contributed by atoms with Crippen LogP contribution in [0, 0.1) is 0 Å². The number of rotatable bonds is 10. The van der Waals surface area contributed by atoms with Gasteiger partial charge in [-0.15, -0.1) is 0 Å². The molecular formula is C12H18N2O7. The van der Waals surface area contributed by atoms with Gasteiger partial charge in [0.15, 0.2) is 0 Å². The normalized spacial score (nSPS) is 11.7. The molecule has 1 atom stereocenters. The standard InChI is InChI=1S/C12H18N2O7/c1-6(2)9(15)13-5-3-4-7(10(16)17)14-8(11(18)19)12(20)21/h7-8,14H,1,3-5H2,2H3,(H,13,15)(H,16,17)(H,18,19)(H,20,21). The highest BCUT2D eigenvalue weighted by atomic mass is 16.4. The molecule has 0 saturated heterocycles. The van der Waals surface area contributed by atoms with Crippen LogP contribution in [0.4, 0.5) is 0 Å². The van der Waals surface area contributed by atoms with E-state index in [9.17, 15) is 19.2 Å². The van der Waals surface area contributed by atoms with Gasteiger partial charge in [0.25, 0.3) is 0 Å². The van der Waals surface area contributed by atoms with Gasteiger partial charge in [-0.25, -0.2) is 9.59 Å². The summed E-state index contributed by atoms with van der Waals surface area (Å²) in [5.74, 6) is -5.09. The lowest BCUT2D eigenvalue weighted by Crippen LogP contribution is -2.51. The minimum Gasteiger partial charge on any atom is -0.480 e. The first-order chi connectivity index (χ1) is 9.66. The maximum absolute atomic E-state index is 11.2. The predicted octanol–water partition coefficient (Wildman–Crippen LogP) is -0.960. The molecule has 21 heavy (non-hydrogen) atoms. The van der Waals surface area contributed by atoms with Crippen molar-refractivity contribution < 1.29 is 34.5 Å². The first-order valence-corrected chi connectivity index (χ1v) is 6.05. The van der Waals surface area contributed by atoms with Crippen LogP contribution in [0.5, 0.6) is 0 Å². The molecule has 0 aromatic carbocycles. The minimum absolute atomic E-state index is 0.0388. The van der Waals surface area contributed by atoms with E-state index in [2.05, 4.69) is 11.9 Å². The van der Waals surface area contributed by atoms with E-state index in [4.69, 9.17) is 15.3 Å². The summed E-state index contributed by atoms with van der Waals surface area (Å²) in [5, 5.41) is 30.8. The van der Waals surface area contributed by atoms with Crippen molar-refractivity contribution in [2.45, 2.75) is 31.8 Å². The van der Waals surface area contributed by atoms with Crippen LogP contribution in [0.3, 0.4) is 0 Å². The molecule has 0 radical (unpaired) electrons. The Morgan fingerprint density at radius 2 is 1.57 bits per heavy atom. The van der Waals surface area contributed by atoms with Crippen molar-refractivity contribution in [2.75, 3.05) is 6.54 Å². The van der Waals surface area contributed by atoms with E-state index in [1.165, 1.54) is 6.92 Å². The molecule has 0 aromatic heterocycles. The fourth-order valence-corrected chi connectivity index (χ4v) is 1.39. The molecule has 1 unspecified atom stereocenters. The van der Waals surface area contributed by atoms with E-state index in [-0.39, 0.29) is 25.3 Å². The van der Waals surface area contributed by atoms with Crippen LogP contribution in [0.1, 0.15) is 19.8 Å². The van der Waals surface area contributed by atoms with Crippen LogP contribution >= 0.6 is 0 Å². The van der Waals surface area contributed by atoms with Crippen LogP contribution in [-0.2, 0) is 19.2 Å². The molecule has 0 saturated carbocycles. The zero-order valence-corrected chi connectivity index (χ0v) is 11.5. The third kappa shape index (κ3) is 7.06. The molecule has 9 nitrogen and oxygen atoms in total. The summed E-state index contributed by atoms with van der Waals surface area (Å²) in [6.07, 6.45) is 0.192. The molecule has 0 spiro atoms. The lowest BCUT2D eigenvalue weighted by atomic mass is 10.1. The van der Waals surface area contributed by atoms with Gasteiger partial charge in [-0.1, -0.05) is 6.58 Å². The average molecular weight is 302 g/mol. The number of carbonyl (C=O) groups excluding carboxylic acids is 1. The first kappa shape index (κ1) is 18.6. The van der Waals surface area contributed by atoms with Crippen molar-refractivity contribution in [1.82, 2.24) is 10.6 Å². The van der Waals surface area contributed by atoms with E-state index in [0.29, 0.717) is 5.57 Å². The third-order valence-electron chi connectivity index (χ3n) is 2.50. The number of amides is 1. The fourth-order valence-electron chi connectivity index (χ4n) is 1.39. The second kappa shape index (κ2) is 8.69. The summed E-state index contributed by atoms with van der Waals surface area (Å²) >= 11 is 0. The Balaban J connectivity index is 4.41. The number of carbonyl (C=O) groups is 4.